The SMILES string of the molecule is CCCc1ccc(C(Cl)(c2ccccc2)c2ccccc2)cc1. The average Bonchev–Trinajstić information content (AvgIpc) is 2.63. The second-order valence-corrected chi connectivity index (χ2v) is 6.40. The summed E-state index contributed by atoms with van der Waals surface area (Å²) in [6.07, 6.45) is 2.26. The smallest absolute Gasteiger partial charge is 0.104 e. The van der Waals surface area contributed by atoms with E-state index in [-0.39, 0.29) is 0 Å². The molecule has 0 aliphatic heterocycles. The summed E-state index contributed by atoms with van der Waals surface area (Å²) in [6.45, 7) is 2.20. The molecule has 0 radical (unpaired) electrons. The van der Waals surface area contributed by atoms with E-state index < -0.39 is 4.87 Å². The lowest BCUT2D eigenvalue weighted by Crippen LogP contribution is -2.22. The van der Waals surface area contributed by atoms with Crippen molar-refractivity contribution in [2.75, 3.05) is 0 Å². The Balaban J connectivity index is 2.13. The summed E-state index contributed by atoms with van der Waals surface area (Å²) in [6, 6.07) is 29.3. The maximum atomic E-state index is 7.24. The van der Waals surface area contributed by atoms with Crippen LogP contribution in [0.4, 0.5) is 0 Å². The summed E-state index contributed by atoms with van der Waals surface area (Å²) in [5, 5.41) is 0. The first kappa shape index (κ1) is 15.8. The van der Waals surface area contributed by atoms with E-state index in [4.69, 9.17) is 11.6 Å². The normalized spacial score (nSPS) is 11.4. The zero-order chi connectivity index (χ0) is 16.1. The molecule has 0 N–H and O–H groups in total. The van der Waals surface area contributed by atoms with Gasteiger partial charge in [-0.05, 0) is 28.7 Å². The third-order valence-electron chi connectivity index (χ3n) is 4.23. The highest BCUT2D eigenvalue weighted by atomic mass is 35.5. The first-order chi connectivity index (χ1) is 11.2. The van der Waals surface area contributed by atoms with E-state index in [1.54, 1.807) is 0 Å². The second-order valence-electron chi connectivity index (χ2n) is 5.84. The van der Waals surface area contributed by atoms with Crippen molar-refractivity contribution in [3.05, 3.63) is 107 Å². The minimum absolute atomic E-state index is 0.659. The Bertz CT molecular complexity index is 690. The number of benzene rings is 3. The lowest BCUT2D eigenvalue weighted by atomic mass is 9.84. The number of halogens is 1. The molecule has 3 aromatic carbocycles. The molecule has 1 heteroatoms. The Morgan fingerprint density at radius 2 is 1.09 bits per heavy atom. The zero-order valence-corrected chi connectivity index (χ0v) is 14.1. The number of hydrogen-bond acceptors (Lipinski definition) is 0. The topological polar surface area (TPSA) is 0 Å². The average molecular weight is 321 g/mol. The van der Waals surface area contributed by atoms with Crippen LogP contribution in [0.25, 0.3) is 0 Å². The predicted molar refractivity (Wildman–Crippen MR) is 99.1 cm³/mol. The molecule has 3 aromatic rings. The van der Waals surface area contributed by atoms with Crippen molar-refractivity contribution >= 4 is 11.6 Å². The molecular formula is C22H21Cl. The molecule has 0 bridgehead atoms. The van der Waals surface area contributed by atoms with Gasteiger partial charge >= 0.3 is 0 Å². The van der Waals surface area contributed by atoms with Crippen LogP contribution in [0.1, 0.15) is 35.6 Å². The standard InChI is InChI=1S/C22H21Cl/c1-2-9-18-14-16-21(17-15-18)22(23,19-10-5-3-6-11-19)20-12-7-4-8-13-20/h3-8,10-17H,2,9H2,1H3. The van der Waals surface area contributed by atoms with Gasteiger partial charge in [-0.25, -0.2) is 0 Å². The van der Waals surface area contributed by atoms with E-state index in [9.17, 15) is 0 Å². The van der Waals surface area contributed by atoms with Gasteiger partial charge in [-0.15, -0.1) is 11.6 Å². The Morgan fingerprint density at radius 1 is 0.652 bits per heavy atom. The largest absolute Gasteiger partial charge is 0.119 e. The molecule has 0 saturated heterocycles. The highest BCUT2D eigenvalue weighted by molar-refractivity contribution is 6.28. The zero-order valence-electron chi connectivity index (χ0n) is 13.4. The predicted octanol–water partition coefficient (Wildman–Crippen LogP) is 6.17. The van der Waals surface area contributed by atoms with Crippen molar-refractivity contribution in [2.45, 2.75) is 24.6 Å². The summed E-state index contributed by atoms with van der Waals surface area (Å²) >= 11 is 7.24. The quantitative estimate of drug-likeness (QED) is 0.389. The molecular weight excluding hydrogens is 300 g/mol. The molecule has 0 spiro atoms. The van der Waals surface area contributed by atoms with Crippen molar-refractivity contribution < 1.29 is 0 Å². The van der Waals surface area contributed by atoms with Gasteiger partial charge in [-0.1, -0.05) is 98.3 Å². The molecule has 0 heterocycles. The monoisotopic (exact) mass is 320 g/mol. The van der Waals surface area contributed by atoms with Crippen LogP contribution in [0.5, 0.6) is 0 Å². The van der Waals surface area contributed by atoms with E-state index in [0.29, 0.717) is 0 Å². The van der Waals surface area contributed by atoms with E-state index in [2.05, 4.69) is 55.5 Å². The lowest BCUT2D eigenvalue weighted by molar-refractivity contribution is 0.871. The summed E-state index contributed by atoms with van der Waals surface area (Å²) in [5.41, 5.74) is 4.65. The summed E-state index contributed by atoms with van der Waals surface area (Å²) in [5.74, 6) is 0. The van der Waals surface area contributed by atoms with E-state index in [1.165, 1.54) is 5.56 Å². The summed E-state index contributed by atoms with van der Waals surface area (Å²) in [7, 11) is 0. The fraction of sp³-hybridized carbons (Fsp3) is 0.182. The second kappa shape index (κ2) is 7.02. The first-order valence-electron chi connectivity index (χ1n) is 8.14. The Kier molecular flexibility index (Phi) is 4.83. The minimum Gasteiger partial charge on any atom is -0.104 e. The van der Waals surface area contributed by atoms with Gasteiger partial charge in [0.2, 0.25) is 0 Å². The Hall–Kier alpha value is -2.05. The fourth-order valence-electron chi connectivity index (χ4n) is 3.03. The maximum absolute atomic E-state index is 7.24. The molecule has 0 nitrogen and oxygen atoms in total. The van der Waals surface area contributed by atoms with Crippen molar-refractivity contribution in [1.29, 1.82) is 0 Å². The molecule has 3 rings (SSSR count). The van der Waals surface area contributed by atoms with Crippen LogP contribution in [0, 0.1) is 0 Å². The molecule has 0 saturated carbocycles. The molecule has 0 unspecified atom stereocenters. The maximum Gasteiger partial charge on any atom is 0.119 e. The van der Waals surface area contributed by atoms with Crippen molar-refractivity contribution in [3.63, 3.8) is 0 Å². The van der Waals surface area contributed by atoms with E-state index >= 15 is 0 Å². The van der Waals surface area contributed by atoms with Gasteiger partial charge in [0.1, 0.15) is 4.87 Å². The molecule has 0 atom stereocenters. The Labute approximate surface area is 143 Å². The van der Waals surface area contributed by atoms with Crippen LogP contribution in [-0.2, 0) is 11.3 Å². The van der Waals surface area contributed by atoms with Crippen LogP contribution < -0.4 is 0 Å². The van der Waals surface area contributed by atoms with Gasteiger partial charge in [0.25, 0.3) is 0 Å². The molecule has 0 aromatic heterocycles. The highest BCUT2D eigenvalue weighted by Crippen LogP contribution is 2.42. The van der Waals surface area contributed by atoms with Gasteiger partial charge in [-0.2, -0.15) is 0 Å². The van der Waals surface area contributed by atoms with Crippen LogP contribution in [-0.4, -0.2) is 0 Å². The van der Waals surface area contributed by atoms with Crippen molar-refractivity contribution in [3.8, 4) is 0 Å². The molecule has 0 amide bonds. The van der Waals surface area contributed by atoms with Gasteiger partial charge < -0.3 is 0 Å². The fourth-order valence-corrected chi connectivity index (χ4v) is 3.40. The van der Waals surface area contributed by atoms with Gasteiger partial charge in [0.05, 0.1) is 0 Å². The molecule has 23 heavy (non-hydrogen) atoms. The first-order valence-corrected chi connectivity index (χ1v) is 8.52. The number of hydrogen-bond donors (Lipinski definition) is 0. The third-order valence-corrected chi connectivity index (χ3v) is 4.89. The number of alkyl halides is 1. The van der Waals surface area contributed by atoms with Gasteiger partial charge in [-0.3, -0.25) is 0 Å². The summed E-state index contributed by atoms with van der Waals surface area (Å²) < 4.78 is 0. The molecule has 0 aliphatic rings. The number of rotatable bonds is 5. The minimum atomic E-state index is -0.659. The van der Waals surface area contributed by atoms with Gasteiger partial charge in [0.15, 0.2) is 0 Å². The molecule has 0 aliphatic carbocycles. The van der Waals surface area contributed by atoms with Crippen LogP contribution in [0.15, 0.2) is 84.9 Å². The highest BCUT2D eigenvalue weighted by Gasteiger charge is 2.33. The van der Waals surface area contributed by atoms with E-state index in [1.807, 2.05) is 36.4 Å². The van der Waals surface area contributed by atoms with Crippen molar-refractivity contribution in [1.82, 2.24) is 0 Å². The lowest BCUT2D eigenvalue weighted by Gasteiger charge is -2.29. The van der Waals surface area contributed by atoms with E-state index in [0.717, 1.165) is 29.5 Å². The summed E-state index contributed by atoms with van der Waals surface area (Å²) in [4.78, 5) is -0.659. The third kappa shape index (κ3) is 3.18. The van der Waals surface area contributed by atoms with Crippen LogP contribution in [0.2, 0.25) is 0 Å². The van der Waals surface area contributed by atoms with Crippen molar-refractivity contribution in [2.24, 2.45) is 0 Å². The molecule has 0 fully saturated rings. The molecule has 116 valence electrons. The number of aryl methyl sites for hydroxylation is 1. The van der Waals surface area contributed by atoms with Crippen LogP contribution >= 0.6 is 11.6 Å². The van der Waals surface area contributed by atoms with Gasteiger partial charge in [0, 0.05) is 0 Å². The van der Waals surface area contributed by atoms with Crippen LogP contribution in [0.3, 0.4) is 0 Å². The Morgan fingerprint density at radius 3 is 1.52 bits per heavy atom.